The first-order valence-electron chi connectivity index (χ1n) is 7.05. The Bertz CT molecular complexity index is 630. The molecule has 0 spiro atoms. The lowest BCUT2D eigenvalue weighted by molar-refractivity contribution is -0.150. The van der Waals surface area contributed by atoms with Crippen molar-refractivity contribution in [3.05, 3.63) is 18.2 Å². The number of nitrogens with one attached hydrogen (secondary N) is 2. The van der Waals surface area contributed by atoms with Gasteiger partial charge in [-0.25, -0.2) is 4.79 Å². The smallest absolute Gasteiger partial charge is 0.332 e. The van der Waals surface area contributed by atoms with Crippen LogP contribution in [-0.2, 0) is 19.1 Å². The van der Waals surface area contributed by atoms with Crippen molar-refractivity contribution in [3.8, 4) is 5.75 Å². The van der Waals surface area contributed by atoms with E-state index in [1.54, 1.807) is 18.2 Å². The van der Waals surface area contributed by atoms with Gasteiger partial charge in [0, 0.05) is 18.7 Å². The van der Waals surface area contributed by atoms with E-state index in [2.05, 4.69) is 10.6 Å². The summed E-state index contributed by atoms with van der Waals surface area (Å²) in [5, 5.41) is 14.1. The van der Waals surface area contributed by atoms with Crippen LogP contribution in [0, 0.1) is 0 Å². The molecular formula is C15H18N2O6. The number of aliphatic carboxylic acids is 1. The van der Waals surface area contributed by atoms with Gasteiger partial charge < -0.3 is 25.2 Å². The van der Waals surface area contributed by atoms with E-state index in [9.17, 15) is 14.4 Å². The summed E-state index contributed by atoms with van der Waals surface area (Å²) in [5.41, 5.74) is 0.949. The first kappa shape index (κ1) is 16.8. The molecule has 1 saturated heterocycles. The van der Waals surface area contributed by atoms with Crippen molar-refractivity contribution in [2.24, 2.45) is 0 Å². The topological polar surface area (TPSA) is 114 Å². The molecule has 0 aromatic heterocycles. The zero-order valence-electron chi connectivity index (χ0n) is 12.8. The number of rotatable bonds is 5. The lowest BCUT2D eigenvalue weighted by Gasteiger charge is -2.14. The number of carboxylic acids is 1. The molecule has 1 aromatic rings. The Morgan fingerprint density at radius 1 is 1.22 bits per heavy atom. The first-order valence-corrected chi connectivity index (χ1v) is 7.05. The molecule has 1 heterocycles. The molecule has 2 amide bonds. The number of hydrogen-bond acceptors (Lipinski definition) is 5. The fraction of sp³-hybridized carbons (Fsp3) is 0.400. The second-order valence-corrected chi connectivity index (χ2v) is 5.11. The van der Waals surface area contributed by atoms with Crippen molar-refractivity contribution in [2.75, 3.05) is 17.7 Å². The van der Waals surface area contributed by atoms with E-state index in [0.717, 1.165) is 0 Å². The SMILES string of the molecule is COc1cc(NC(=O)[C@@H]2CC[C@H](C(=O)O)O2)ccc1NC(C)=O. The highest BCUT2D eigenvalue weighted by Gasteiger charge is 2.34. The predicted octanol–water partition coefficient (Wildman–Crippen LogP) is 1.22. The van der Waals surface area contributed by atoms with Crippen LogP contribution in [0.2, 0.25) is 0 Å². The number of carboxylic acid groups (broad SMARTS) is 1. The minimum atomic E-state index is -1.07. The van der Waals surface area contributed by atoms with Gasteiger partial charge in [0.1, 0.15) is 11.9 Å². The number of methoxy groups -OCH3 is 1. The van der Waals surface area contributed by atoms with Gasteiger partial charge in [0.15, 0.2) is 6.10 Å². The summed E-state index contributed by atoms with van der Waals surface area (Å²) in [6.07, 6.45) is -1.08. The number of anilines is 2. The molecule has 0 saturated carbocycles. The molecule has 1 aromatic carbocycles. The van der Waals surface area contributed by atoms with E-state index in [-0.39, 0.29) is 5.91 Å². The zero-order valence-corrected chi connectivity index (χ0v) is 12.8. The molecule has 3 N–H and O–H groups in total. The highest BCUT2D eigenvalue weighted by molar-refractivity contribution is 5.96. The fourth-order valence-electron chi connectivity index (χ4n) is 2.30. The third-order valence-electron chi connectivity index (χ3n) is 3.37. The Hall–Kier alpha value is -2.61. The second-order valence-electron chi connectivity index (χ2n) is 5.11. The van der Waals surface area contributed by atoms with Gasteiger partial charge in [-0.05, 0) is 25.0 Å². The molecule has 0 bridgehead atoms. The average molecular weight is 322 g/mol. The fourth-order valence-corrected chi connectivity index (χ4v) is 2.30. The van der Waals surface area contributed by atoms with E-state index in [0.29, 0.717) is 30.0 Å². The monoisotopic (exact) mass is 322 g/mol. The molecule has 0 aliphatic carbocycles. The molecular weight excluding hydrogens is 304 g/mol. The summed E-state index contributed by atoms with van der Waals surface area (Å²) in [6.45, 7) is 1.38. The molecule has 23 heavy (non-hydrogen) atoms. The van der Waals surface area contributed by atoms with E-state index in [1.165, 1.54) is 14.0 Å². The van der Waals surface area contributed by atoms with Crippen molar-refractivity contribution in [3.63, 3.8) is 0 Å². The number of carbonyl (C=O) groups excluding carboxylic acids is 2. The summed E-state index contributed by atoms with van der Waals surface area (Å²) < 4.78 is 10.4. The second kappa shape index (κ2) is 7.10. The number of ether oxygens (including phenoxy) is 2. The van der Waals surface area contributed by atoms with Gasteiger partial charge in [-0.2, -0.15) is 0 Å². The molecule has 0 radical (unpaired) electrons. The first-order chi connectivity index (χ1) is 10.9. The summed E-state index contributed by atoms with van der Waals surface area (Å²) in [4.78, 5) is 34.0. The third kappa shape index (κ3) is 4.19. The quantitative estimate of drug-likeness (QED) is 0.751. The van der Waals surface area contributed by atoms with Crippen molar-refractivity contribution >= 4 is 29.2 Å². The largest absolute Gasteiger partial charge is 0.494 e. The molecule has 0 unspecified atom stereocenters. The molecule has 8 heteroatoms. The van der Waals surface area contributed by atoms with Gasteiger partial charge >= 0.3 is 5.97 Å². The van der Waals surface area contributed by atoms with Crippen LogP contribution in [0.4, 0.5) is 11.4 Å². The predicted molar refractivity (Wildman–Crippen MR) is 81.5 cm³/mol. The molecule has 124 valence electrons. The normalized spacial score (nSPS) is 19.9. The van der Waals surface area contributed by atoms with E-state index in [4.69, 9.17) is 14.6 Å². The van der Waals surface area contributed by atoms with Gasteiger partial charge in [-0.3, -0.25) is 9.59 Å². The molecule has 2 atom stereocenters. The van der Waals surface area contributed by atoms with Crippen LogP contribution in [0.5, 0.6) is 5.75 Å². The van der Waals surface area contributed by atoms with Crippen LogP contribution in [0.15, 0.2) is 18.2 Å². The minimum Gasteiger partial charge on any atom is -0.494 e. The lowest BCUT2D eigenvalue weighted by Crippen LogP contribution is -2.29. The van der Waals surface area contributed by atoms with Crippen molar-refractivity contribution in [2.45, 2.75) is 32.0 Å². The van der Waals surface area contributed by atoms with Gasteiger partial charge in [0.05, 0.1) is 12.8 Å². The van der Waals surface area contributed by atoms with Crippen LogP contribution in [0.25, 0.3) is 0 Å². The van der Waals surface area contributed by atoms with Crippen LogP contribution in [0.1, 0.15) is 19.8 Å². The Balaban J connectivity index is 2.04. The lowest BCUT2D eigenvalue weighted by atomic mass is 10.2. The van der Waals surface area contributed by atoms with Crippen LogP contribution in [0.3, 0.4) is 0 Å². The van der Waals surface area contributed by atoms with E-state index >= 15 is 0 Å². The van der Waals surface area contributed by atoms with E-state index < -0.39 is 24.1 Å². The average Bonchev–Trinajstić information content (AvgIpc) is 2.98. The van der Waals surface area contributed by atoms with Crippen molar-refractivity contribution in [1.82, 2.24) is 0 Å². The Labute approximate surface area is 132 Å². The van der Waals surface area contributed by atoms with Gasteiger partial charge in [0.2, 0.25) is 5.91 Å². The minimum absolute atomic E-state index is 0.237. The molecule has 1 fully saturated rings. The highest BCUT2D eigenvalue weighted by atomic mass is 16.5. The van der Waals surface area contributed by atoms with Crippen LogP contribution >= 0.6 is 0 Å². The summed E-state index contributed by atoms with van der Waals surface area (Å²) >= 11 is 0. The number of carbonyl (C=O) groups is 3. The summed E-state index contributed by atoms with van der Waals surface area (Å²) in [7, 11) is 1.45. The highest BCUT2D eigenvalue weighted by Crippen LogP contribution is 2.28. The number of hydrogen-bond donors (Lipinski definition) is 3. The molecule has 8 nitrogen and oxygen atoms in total. The number of benzene rings is 1. The van der Waals surface area contributed by atoms with Gasteiger partial charge in [-0.15, -0.1) is 0 Å². The Morgan fingerprint density at radius 2 is 1.91 bits per heavy atom. The van der Waals surface area contributed by atoms with Gasteiger partial charge in [-0.1, -0.05) is 0 Å². The Kier molecular flexibility index (Phi) is 5.17. The maximum Gasteiger partial charge on any atom is 0.332 e. The third-order valence-corrected chi connectivity index (χ3v) is 3.37. The zero-order chi connectivity index (χ0) is 17.0. The van der Waals surface area contributed by atoms with Gasteiger partial charge in [0.25, 0.3) is 5.91 Å². The van der Waals surface area contributed by atoms with Crippen molar-refractivity contribution < 1.29 is 29.0 Å². The summed E-state index contributed by atoms with van der Waals surface area (Å²) in [5.74, 6) is -1.32. The maximum atomic E-state index is 12.1. The van der Waals surface area contributed by atoms with Crippen LogP contribution < -0.4 is 15.4 Å². The standard InChI is InChI=1S/C15H18N2O6/c1-8(18)16-10-4-3-9(7-13(10)22-2)17-14(19)11-5-6-12(23-11)15(20)21/h3-4,7,11-12H,5-6H2,1-2H3,(H,16,18)(H,17,19)(H,20,21)/t11-,12+/m0/s1. The molecule has 1 aliphatic rings. The van der Waals surface area contributed by atoms with Crippen LogP contribution in [-0.4, -0.2) is 42.2 Å². The summed E-state index contributed by atoms with van der Waals surface area (Å²) in [6, 6.07) is 4.77. The maximum absolute atomic E-state index is 12.1. The molecule has 2 rings (SSSR count). The van der Waals surface area contributed by atoms with E-state index in [1.807, 2.05) is 0 Å². The Morgan fingerprint density at radius 3 is 2.48 bits per heavy atom. The number of amides is 2. The molecule has 1 aliphatic heterocycles. The van der Waals surface area contributed by atoms with Crippen molar-refractivity contribution in [1.29, 1.82) is 0 Å².